The summed E-state index contributed by atoms with van der Waals surface area (Å²) in [7, 11) is 0. The number of aromatic nitrogens is 4. The van der Waals surface area contributed by atoms with Crippen LogP contribution in [0.5, 0.6) is 0 Å². The number of fused-ring (bicyclic) bond motifs is 1. The van der Waals surface area contributed by atoms with Crippen molar-refractivity contribution in [3.8, 4) is 0 Å². The number of thioether (sulfide) groups is 1. The maximum Gasteiger partial charge on any atom is 0.292 e. The molecule has 0 radical (unpaired) electrons. The van der Waals surface area contributed by atoms with Crippen LogP contribution < -0.4 is 5.32 Å². The molecule has 7 nitrogen and oxygen atoms in total. The summed E-state index contributed by atoms with van der Waals surface area (Å²) in [6, 6.07) is 9.47. The number of nitrogens with one attached hydrogen (secondary N) is 1. The molecule has 4 aromatic rings. The van der Waals surface area contributed by atoms with Gasteiger partial charge in [-0.1, -0.05) is 48.2 Å². The van der Waals surface area contributed by atoms with E-state index in [2.05, 4.69) is 27.5 Å². The van der Waals surface area contributed by atoms with E-state index in [1.807, 2.05) is 31.2 Å². The lowest BCUT2D eigenvalue weighted by Gasteiger charge is -2.07. The first-order valence-electron chi connectivity index (χ1n) is 8.92. The summed E-state index contributed by atoms with van der Waals surface area (Å²) in [4.78, 5) is 13.0. The predicted octanol–water partition coefficient (Wildman–Crippen LogP) is 4.74. The molecular formula is C19H19N5O2S2. The second-order valence-corrected chi connectivity index (χ2v) is 8.58. The maximum atomic E-state index is 13.0. The number of amides is 1. The quantitative estimate of drug-likeness (QED) is 0.440. The summed E-state index contributed by atoms with van der Waals surface area (Å²) in [5.41, 5.74) is 1.55. The van der Waals surface area contributed by atoms with E-state index in [4.69, 9.17) is 4.42 Å². The fourth-order valence-electron chi connectivity index (χ4n) is 2.90. The fourth-order valence-corrected chi connectivity index (χ4v) is 4.74. The summed E-state index contributed by atoms with van der Waals surface area (Å²) < 4.78 is 8.56. The van der Waals surface area contributed by atoms with Crippen LogP contribution >= 0.6 is 23.1 Å². The normalized spacial score (nSPS) is 11.2. The van der Waals surface area contributed by atoms with Gasteiger partial charge in [-0.2, -0.15) is 5.10 Å². The number of carbonyl (C=O) groups is 1. The monoisotopic (exact) mass is 413 g/mol. The number of anilines is 1. The summed E-state index contributed by atoms with van der Waals surface area (Å²) >= 11 is 3.09. The topological polar surface area (TPSA) is 85.8 Å². The summed E-state index contributed by atoms with van der Waals surface area (Å²) in [6.45, 7) is 4.73. The Balaban J connectivity index is 1.63. The first-order chi connectivity index (χ1) is 13.7. The molecule has 0 atom stereocenters. The molecule has 28 heavy (non-hydrogen) atoms. The third-order valence-electron chi connectivity index (χ3n) is 4.15. The van der Waals surface area contributed by atoms with Crippen LogP contribution in [0, 0.1) is 6.92 Å². The van der Waals surface area contributed by atoms with Crippen LogP contribution in [0.15, 0.2) is 45.3 Å². The van der Waals surface area contributed by atoms with Crippen molar-refractivity contribution in [2.45, 2.75) is 36.9 Å². The van der Waals surface area contributed by atoms with Crippen molar-refractivity contribution < 1.29 is 9.21 Å². The molecule has 1 aromatic carbocycles. The highest BCUT2D eigenvalue weighted by Gasteiger charge is 2.22. The number of furan rings is 1. The lowest BCUT2D eigenvalue weighted by molar-refractivity contribution is 0.0996. The summed E-state index contributed by atoms with van der Waals surface area (Å²) in [5.74, 6) is 1.27. The average Bonchev–Trinajstić information content (AvgIpc) is 3.39. The molecule has 144 valence electrons. The number of aryl methyl sites for hydroxylation is 2. The molecule has 4 rings (SSSR count). The molecule has 0 unspecified atom stereocenters. The van der Waals surface area contributed by atoms with Crippen molar-refractivity contribution in [1.82, 2.24) is 20.0 Å². The van der Waals surface area contributed by atoms with Crippen LogP contribution in [0.1, 0.15) is 34.5 Å². The van der Waals surface area contributed by atoms with Crippen molar-refractivity contribution >= 4 is 45.8 Å². The van der Waals surface area contributed by atoms with Crippen molar-refractivity contribution in [2.75, 3.05) is 5.32 Å². The van der Waals surface area contributed by atoms with Gasteiger partial charge in [-0.25, -0.2) is 4.68 Å². The molecule has 1 amide bonds. The Labute approximate surface area is 170 Å². The Morgan fingerprint density at radius 3 is 2.93 bits per heavy atom. The van der Waals surface area contributed by atoms with E-state index in [-0.39, 0.29) is 5.91 Å². The smallest absolute Gasteiger partial charge is 0.292 e. The Hall–Kier alpha value is -2.65. The van der Waals surface area contributed by atoms with Crippen LogP contribution in [-0.4, -0.2) is 25.9 Å². The molecule has 0 bridgehead atoms. The minimum atomic E-state index is -0.280. The van der Waals surface area contributed by atoms with Gasteiger partial charge in [0.2, 0.25) is 0 Å². The van der Waals surface area contributed by atoms with Gasteiger partial charge in [0.05, 0.1) is 6.20 Å². The lowest BCUT2D eigenvalue weighted by Crippen LogP contribution is -2.16. The van der Waals surface area contributed by atoms with Crippen molar-refractivity contribution in [2.24, 2.45) is 0 Å². The van der Waals surface area contributed by atoms with Gasteiger partial charge in [-0.15, -0.1) is 10.2 Å². The second kappa shape index (κ2) is 8.15. The third-order valence-corrected chi connectivity index (χ3v) is 6.14. The molecule has 0 spiro atoms. The number of hydrogen-bond acceptors (Lipinski definition) is 7. The van der Waals surface area contributed by atoms with E-state index in [0.717, 1.165) is 33.3 Å². The van der Waals surface area contributed by atoms with Crippen molar-refractivity contribution in [3.05, 3.63) is 52.9 Å². The van der Waals surface area contributed by atoms with Crippen LogP contribution in [0.3, 0.4) is 0 Å². The molecule has 9 heteroatoms. The Bertz CT molecular complexity index is 1110. The minimum absolute atomic E-state index is 0.280. The predicted molar refractivity (Wildman–Crippen MR) is 111 cm³/mol. The van der Waals surface area contributed by atoms with Gasteiger partial charge in [0.25, 0.3) is 5.91 Å². The summed E-state index contributed by atoms with van der Waals surface area (Å²) in [5, 5.41) is 17.2. The van der Waals surface area contributed by atoms with Gasteiger partial charge in [0.1, 0.15) is 16.4 Å². The highest BCUT2D eigenvalue weighted by molar-refractivity contribution is 8.00. The number of rotatable bonds is 7. The number of hydrogen-bond donors (Lipinski definition) is 1. The summed E-state index contributed by atoms with van der Waals surface area (Å²) in [6.07, 6.45) is 2.61. The molecule has 0 saturated carbocycles. The van der Waals surface area contributed by atoms with Gasteiger partial charge in [-0.05, 0) is 19.4 Å². The number of carbonyl (C=O) groups excluding carboxylic acids is 1. The second-order valence-electron chi connectivity index (χ2n) is 6.18. The largest absolute Gasteiger partial charge is 0.451 e. The molecule has 1 N–H and O–H groups in total. The van der Waals surface area contributed by atoms with E-state index in [9.17, 15) is 4.79 Å². The Morgan fingerprint density at radius 2 is 2.14 bits per heavy atom. The van der Waals surface area contributed by atoms with Gasteiger partial charge in [0, 0.05) is 29.3 Å². The van der Waals surface area contributed by atoms with E-state index in [0.29, 0.717) is 22.9 Å². The van der Waals surface area contributed by atoms with E-state index in [1.165, 1.54) is 11.3 Å². The highest BCUT2D eigenvalue weighted by atomic mass is 32.2. The van der Waals surface area contributed by atoms with Gasteiger partial charge >= 0.3 is 0 Å². The molecule has 0 saturated heterocycles. The fraction of sp³-hybridized carbons (Fsp3) is 0.263. The van der Waals surface area contributed by atoms with Crippen molar-refractivity contribution in [3.63, 3.8) is 0 Å². The molecule has 3 heterocycles. The molecule has 0 fully saturated rings. The number of para-hydroxylation sites is 1. The molecule has 0 aliphatic rings. The zero-order chi connectivity index (χ0) is 19.5. The van der Waals surface area contributed by atoms with Gasteiger partial charge in [0.15, 0.2) is 10.1 Å². The molecular weight excluding hydrogens is 394 g/mol. The van der Waals surface area contributed by atoms with Crippen LogP contribution in [0.25, 0.3) is 11.0 Å². The zero-order valence-electron chi connectivity index (χ0n) is 15.5. The average molecular weight is 414 g/mol. The lowest BCUT2D eigenvalue weighted by atomic mass is 10.1. The van der Waals surface area contributed by atoms with E-state index in [1.54, 1.807) is 28.7 Å². The van der Waals surface area contributed by atoms with Crippen molar-refractivity contribution in [1.29, 1.82) is 0 Å². The Morgan fingerprint density at radius 1 is 1.29 bits per heavy atom. The third kappa shape index (κ3) is 3.81. The standard InChI is InChI=1S/C19H19N5O2S2/c1-3-10-24-16(8-9-20-24)21-18(25)17-14(11-27-19-23-22-12(2)28-19)13-6-4-5-7-15(13)26-17/h4-9H,3,10-11H2,1-2H3,(H,21,25). The van der Waals surface area contributed by atoms with Gasteiger partial charge < -0.3 is 9.73 Å². The van der Waals surface area contributed by atoms with Crippen LogP contribution in [0.4, 0.5) is 5.82 Å². The number of benzene rings is 1. The minimum Gasteiger partial charge on any atom is -0.451 e. The zero-order valence-corrected chi connectivity index (χ0v) is 17.1. The molecule has 0 aliphatic heterocycles. The number of nitrogens with zero attached hydrogens (tertiary/aromatic N) is 4. The molecule has 0 aliphatic carbocycles. The maximum absolute atomic E-state index is 13.0. The first-order valence-corrected chi connectivity index (χ1v) is 10.7. The van der Waals surface area contributed by atoms with Gasteiger partial charge in [-0.3, -0.25) is 4.79 Å². The highest BCUT2D eigenvalue weighted by Crippen LogP contribution is 2.33. The SMILES string of the molecule is CCCn1nccc1NC(=O)c1oc2ccccc2c1CSc1nnc(C)s1. The molecule has 3 aromatic heterocycles. The van der Waals surface area contributed by atoms with E-state index < -0.39 is 0 Å². The van der Waals surface area contributed by atoms with Crippen LogP contribution in [-0.2, 0) is 12.3 Å². The first kappa shape index (κ1) is 18.7. The van der Waals surface area contributed by atoms with Crippen LogP contribution in [0.2, 0.25) is 0 Å². The Kier molecular flexibility index (Phi) is 5.45. The van der Waals surface area contributed by atoms with E-state index >= 15 is 0 Å².